The minimum Gasteiger partial charge on any atom is -0.312 e. The maximum Gasteiger partial charge on any atom is 0.227 e. The molecule has 3 heteroatoms. The highest BCUT2D eigenvalue weighted by Gasteiger charge is 2.29. The van der Waals surface area contributed by atoms with Crippen molar-refractivity contribution >= 4 is 27.5 Å². The molecule has 0 spiro atoms. The molecule has 0 saturated carbocycles. The standard InChI is InChI=1S/C13H14BrNO/c1-3-10-7-13(16)15(8-10)12-6-4-5-11(14)9(12)2/h3-6,10H,1,7-8H2,2H3. The summed E-state index contributed by atoms with van der Waals surface area (Å²) < 4.78 is 1.04. The lowest BCUT2D eigenvalue weighted by molar-refractivity contribution is -0.117. The summed E-state index contributed by atoms with van der Waals surface area (Å²) in [5, 5.41) is 0. The molecule has 2 nitrogen and oxygen atoms in total. The molecule has 1 heterocycles. The molecule has 1 unspecified atom stereocenters. The number of nitrogens with zero attached hydrogens (tertiary/aromatic N) is 1. The Morgan fingerprint density at radius 1 is 1.56 bits per heavy atom. The van der Waals surface area contributed by atoms with E-state index in [1.165, 1.54) is 0 Å². The normalized spacial score (nSPS) is 20.2. The van der Waals surface area contributed by atoms with Crippen molar-refractivity contribution in [2.24, 2.45) is 5.92 Å². The monoisotopic (exact) mass is 279 g/mol. The first-order valence-corrected chi connectivity index (χ1v) is 6.11. The van der Waals surface area contributed by atoms with Gasteiger partial charge in [0.15, 0.2) is 0 Å². The van der Waals surface area contributed by atoms with Crippen LogP contribution in [0.4, 0.5) is 5.69 Å². The molecule has 0 bridgehead atoms. The third-order valence-electron chi connectivity index (χ3n) is 3.02. The van der Waals surface area contributed by atoms with Crippen molar-refractivity contribution < 1.29 is 4.79 Å². The van der Waals surface area contributed by atoms with Crippen LogP contribution < -0.4 is 4.90 Å². The Bertz CT molecular complexity index is 442. The molecule has 16 heavy (non-hydrogen) atoms. The number of benzene rings is 1. The average molecular weight is 280 g/mol. The Balaban J connectivity index is 2.35. The molecular formula is C13H14BrNO. The lowest BCUT2D eigenvalue weighted by atomic mass is 10.1. The zero-order valence-corrected chi connectivity index (χ0v) is 10.8. The molecular weight excluding hydrogens is 266 g/mol. The highest BCUT2D eigenvalue weighted by atomic mass is 79.9. The van der Waals surface area contributed by atoms with Gasteiger partial charge in [-0.3, -0.25) is 4.79 Å². The number of carbonyl (C=O) groups is 1. The molecule has 2 rings (SSSR count). The van der Waals surface area contributed by atoms with Gasteiger partial charge in [-0.2, -0.15) is 0 Å². The number of amides is 1. The number of hydrogen-bond acceptors (Lipinski definition) is 1. The number of rotatable bonds is 2. The Hall–Kier alpha value is -1.09. The zero-order chi connectivity index (χ0) is 11.7. The van der Waals surface area contributed by atoms with E-state index in [2.05, 4.69) is 22.5 Å². The highest BCUT2D eigenvalue weighted by Crippen LogP contribution is 2.31. The van der Waals surface area contributed by atoms with Crippen LogP contribution in [0.5, 0.6) is 0 Å². The van der Waals surface area contributed by atoms with E-state index in [0.717, 1.165) is 22.3 Å². The summed E-state index contributed by atoms with van der Waals surface area (Å²) in [5.41, 5.74) is 2.12. The first-order chi connectivity index (χ1) is 7.63. The predicted octanol–water partition coefficient (Wildman–Crippen LogP) is 3.30. The highest BCUT2D eigenvalue weighted by molar-refractivity contribution is 9.10. The van der Waals surface area contributed by atoms with Crippen molar-refractivity contribution in [3.63, 3.8) is 0 Å². The van der Waals surface area contributed by atoms with Gasteiger partial charge in [-0.1, -0.05) is 28.1 Å². The summed E-state index contributed by atoms with van der Waals surface area (Å²) in [4.78, 5) is 13.7. The fourth-order valence-electron chi connectivity index (χ4n) is 2.01. The lowest BCUT2D eigenvalue weighted by Crippen LogP contribution is -2.25. The van der Waals surface area contributed by atoms with Gasteiger partial charge in [0.1, 0.15) is 0 Å². The number of hydrogen-bond donors (Lipinski definition) is 0. The second kappa shape index (κ2) is 4.42. The van der Waals surface area contributed by atoms with Gasteiger partial charge in [0, 0.05) is 29.0 Å². The topological polar surface area (TPSA) is 20.3 Å². The van der Waals surface area contributed by atoms with E-state index in [-0.39, 0.29) is 11.8 Å². The quantitative estimate of drug-likeness (QED) is 0.761. The molecule has 1 amide bonds. The third-order valence-corrected chi connectivity index (χ3v) is 3.88. The molecule has 0 radical (unpaired) electrons. The number of halogens is 1. The van der Waals surface area contributed by atoms with Gasteiger partial charge in [-0.25, -0.2) is 0 Å². The van der Waals surface area contributed by atoms with Crippen molar-refractivity contribution in [3.05, 3.63) is 40.9 Å². The van der Waals surface area contributed by atoms with Crippen LogP contribution in [0.3, 0.4) is 0 Å². The van der Waals surface area contributed by atoms with Gasteiger partial charge in [0.2, 0.25) is 5.91 Å². The SMILES string of the molecule is C=CC1CC(=O)N(c2cccc(Br)c2C)C1. The fraction of sp³-hybridized carbons (Fsp3) is 0.308. The van der Waals surface area contributed by atoms with E-state index in [4.69, 9.17) is 0 Å². The fourth-order valence-corrected chi connectivity index (χ4v) is 2.37. The minimum atomic E-state index is 0.186. The Morgan fingerprint density at radius 2 is 2.31 bits per heavy atom. The summed E-state index contributed by atoms with van der Waals surface area (Å²) in [5.74, 6) is 0.469. The Morgan fingerprint density at radius 3 is 2.94 bits per heavy atom. The van der Waals surface area contributed by atoms with Gasteiger partial charge < -0.3 is 4.90 Å². The summed E-state index contributed by atoms with van der Waals surface area (Å²) in [7, 11) is 0. The molecule has 0 N–H and O–H groups in total. The lowest BCUT2D eigenvalue weighted by Gasteiger charge is -2.19. The maximum absolute atomic E-state index is 11.9. The summed E-state index contributed by atoms with van der Waals surface area (Å²) in [6, 6.07) is 5.94. The second-order valence-corrected chi connectivity index (χ2v) is 4.94. The van der Waals surface area contributed by atoms with Crippen LogP contribution in [-0.2, 0) is 4.79 Å². The molecule has 0 aliphatic carbocycles. The second-order valence-electron chi connectivity index (χ2n) is 4.09. The van der Waals surface area contributed by atoms with Crippen LogP contribution in [-0.4, -0.2) is 12.5 Å². The Kier molecular flexibility index (Phi) is 3.15. The van der Waals surface area contributed by atoms with Crippen molar-refractivity contribution in [2.45, 2.75) is 13.3 Å². The van der Waals surface area contributed by atoms with E-state index in [1.54, 1.807) is 0 Å². The minimum absolute atomic E-state index is 0.186. The van der Waals surface area contributed by atoms with Crippen LogP contribution in [0.25, 0.3) is 0 Å². The molecule has 84 valence electrons. The van der Waals surface area contributed by atoms with Gasteiger partial charge in [-0.15, -0.1) is 6.58 Å². The number of anilines is 1. The molecule has 1 saturated heterocycles. The van der Waals surface area contributed by atoms with E-state index < -0.39 is 0 Å². The molecule has 1 aromatic rings. The van der Waals surface area contributed by atoms with Crippen molar-refractivity contribution in [3.8, 4) is 0 Å². The summed E-state index contributed by atoms with van der Waals surface area (Å²) in [6.07, 6.45) is 2.45. The molecule has 0 aromatic heterocycles. The maximum atomic E-state index is 11.9. The van der Waals surface area contributed by atoms with E-state index in [1.807, 2.05) is 36.1 Å². The zero-order valence-electron chi connectivity index (χ0n) is 9.24. The van der Waals surface area contributed by atoms with Crippen LogP contribution in [0.15, 0.2) is 35.3 Å². The number of carbonyl (C=O) groups excluding carboxylic acids is 1. The van der Waals surface area contributed by atoms with Crippen molar-refractivity contribution in [1.29, 1.82) is 0 Å². The van der Waals surface area contributed by atoms with Crippen LogP contribution >= 0.6 is 15.9 Å². The van der Waals surface area contributed by atoms with E-state index in [9.17, 15) is 4.79 Å². The Labute approximate surface area is 104 Å². The van der Waals surface area contributed by atoms with Crippen LogP contribution in [0.1, 0.15) is 12.0 Å². The van der Waals surface area contributed by atoms with E-state index in [0.29, 0.717) is 6.42 Å². The first kappa shape index (κ1) is 11.4. The van der Waals surface area contributed by atoms with Gasteiger partial charge in [-0.05, 0) is 24.6 Å². The molecule has 1 aliphatic heterocycles. The summed E-state index contributed by atoms with van der Waals surface area (Å²) in [6.45, 7) is 6.53. The van der Waals surface area contributed by atoms with Crippen molar-refractivity contribution in [1.82, 2.24) is 0 Å². The van der Waals surface area contributed by atoms with Crippen molar-refractivity contribution in [2.75, 3.05) is 11.4 Å². The van der Waals surface area contributed by atoms with Gasteiger partial charge in [0.25, 0.3) is 0 Å². The molecule has 1 aromatic carbocycles. The summed E-state index contributed by atoms with van der Waals surface area (Å²) >= 11 is 3.49. The first-order valence-electron chi connectivity index (χ1n) is 5.31. The average Bonchev–Trinajstić information content (AvgIpc) is 2.64. The molecule has 1 atom stereocenters. The predicted molar refractivity (Wildman–Crippen MR) is 69.5 cm³/mol. The smallest absolute Gasteiger partial charge is 0.227 e. The molecule has 1 aliphatic rings. The van der Waals surface area contributed by atoms with Gasteiger partial charge in [0.05, 0.1) is 0 Å². The molecule has 1 fully saturated rings. The largest absolute Gasteiger partial charge is 0.312 e. The van der Waals surface area contributed by atoms with Gasteiger partial charge >= 0.3 is 0 Å². The van der Waals surface area contributed by atoms with E-state index >= 15 is 0 Å². The van der Waals surface area contributed by atoms with Crippen LogP contribution in [0.2, 0.25) is 0 Å². The third kappa shape index (κ3) is 1.92. The van der Waals surface area contributed by atoms with Crippen LogP contribution in [0, 0.1) is 12.8 Å².